The van der Waals surface area contributed by atoms with Gasteiger partial charge in [0.1, 0.15) is 11.6 Å². The Bertz CT molecular complexity index is 1080. The molecule has 1 amide bonds. The molecule has 158 valence electrons. The Morgan fingerprint density at radius 3 is 2.71 bits per heavy atom. The average molecular weight is 417 g/mol. The highest BCUT2D eigenvalue weighted by Gasteiger charge is 2.08. The maximum Gasteiger partial charge on any atom is 0.251 e. The monoisotopic (exact) mass is 416 g/mol. The van der Waals surface area contributed by atoms with Crippen LogP contribution < -0.4 is 10.6 Å². The molecule has 1 aliphatic carbocycles. The topological polar surface area (TPSA) is 66.9 Å². The summed E-state index contributed by atoms with van der Waals surface area (Å²) in [6.07, 6.45) is 9.70. The van der Waals surface area contributed by atoms with Gasteiger partial charge >= 0.3 is 0 Å². The van der Waals surface area contributed by atoms with E-state index in [2.05, 4.69) is 26.7 Å². The van der Waals surface area contributed by atoms with Crippen LogP contribution in [0.5, 0.6) is 0 Å². The fourth-order valence-corrected chi connectivity index (χ4v) is 3.62. The molecule has 5 nitrogen and oxygen atoms in total. The minimum Gasteiger partial charge on any atom is -0.352 e. The lowest BCUT2D eigenvalue weighted by Gasteiger charge is -2.13. The number of hydrogen-bond acceptors (Lipinski definition) is 4. The van der Waals surface area contributed by atoms with Crippen LogP contribution in [0.15, 0.2) is 72.4 Å². The van der Waals surface area contributed by atoms with E-state index in [0.29, 0.717) is 29.3 Å². The second-order valence-corrected chi connectivity index (χ2v) is 7.59. The van der Waals surface area contributed by atoms with Gasteiger partial charge in [-0.1, -0.05) is 23.8 Å². The Morgan fingerprint density at radius 1 is 1.06 bits per heavy atom. The van der Waals surface area contributed by atoms with Crippen molar-refractivity contribution in [2.75, 3.05) is 11.9 Å². The molecule has 0 saturated carbocycles. The van der Waals surface area contributed by atoms with Gasteiger partial charge in [-0.3, -0.25) is 4.79 Å². The summed E-state index contributed by atoms with van der Waals surface area (Å²) >= 11 is 0. The number of carbonyl (C=O) groups excluding carboxylic acids is 1. The Labute approximate surface area is 181 Å². The van der Waals surface area contributed by atoms with Crippen LogP contribution in [0.3, 0.4) is 0 Å². The van der Waals surface area contributed by atoms with Crippen molar-refractivity contribution in [2.24, 2.45) is 0 Å². The van der Waals surface area contributed by atoms with Crippen molar-refractivity contribution in [1.82, 2.24) is 15.3 Å². The molecule has 1 heterocycles. The molecule has 0 radical (unpaired) electrons. The van der Waals surface area contributed by atoms with Gasteiger partial charge in [0.15, 0.2) is 5.82 Å². The number of amides is 1. The summed E-state index contributed by atoms with van der Waals surface area (Å²) in [6.45, 7) is 0.661. The molecule has 1 aliphatic rings. The second kappa shape index (κ2) is 9.98. The van der Waals surface area contributed by atoms with Crippen molar-refractivity contribution in [3.05, 3.63) is 83.8 Å². The summed E-state index contributed by atoms with van der Waals surface area (Å²) in [5.41, 5.74) is 3.48. The van der Waals surface area contributed by atoms with E-state index < -0.39 is 0 Å². The number of rotatable bonds is 7. The molecule has 0 bridgehead atoms. The summed E-state index contributed by atoms with van der Waals surface area (Å²) in [6, 6.07) is 15.2. The van der Waals surface area contributed by atoms with E-state index in [9.17, 15) is 9.18 Å². The van der Waals surface area contributed by atoms with Gasteiger partial charge in [0, 0.05) is 29.6 Å². The highest BCUT2D eigenvalue weighted by Crippen LogP contribution is 2.21. The van der Waals surface area contributed by atoms with Crippen molar-refractivity contribution >= 4 is 17.4 Å². The van der Waals surface area contributed by atoms with Gasteiger partial charge in [-0.25, -0.2) is 14.4 Å². The van der Waals surface area contributed by atoms with Gasteiger partial charge in [0.2, 0.25) is 0 Å². The lowest BCUT2D eigenvalue weighted by Crippen LogP contribution is -2.24. The molecule has 0 saturated heterocycles. The average Bonchev–Trinajstić information content (AvgIpc) is 2.80. The molecule has 2 aromatic carbocycles. The fraction of sp³-hybridized carbons (Fsp3) is 0.240. The summed E-state index contributed by atoms with van der Waals surface area (Å²) in [5.74, 6) is 0.628. The zero-order valence-electron chi connectivity index (χ0n) is 17.3. The minimum absolute atomic E-state index is 0.0709. The first-order valence-corrected chi connectivity index (χ1v) is 10.6. The molecule has 0 atom stereocenters. The van der Waals surface area contributed by atoms with Crippen LogP contribution in [-0.4, -0.2) is 22.4 Å². The third kappa shape index (κ3) is 5.75. The molecule has 0 fully saturated rings. The van der Waals surface area contributed by atoms with E-state index in [1.54, 1.807) is 36.5 Å². The van der Waals surface area contributed by atoms with Crippen LogP contribution in [0.2, 0.25) is 0 Å². The lowest BCUT2D eigenvalue weighted by atomic mass is 9.97. The maximum atomic E-state index is 13.5. The van der Waals surface area contributed by atoms with Crippen LogP contribution in [0.1, 0.15) is 42.5 Å². The van der Waals surface area contributed by atoms with Gasteiger partial charge in [-0.15, -0.1) is 0 Å². The Hall–Kier alpha value is -3.54. The predicted molar refractivity (Wildman–Crippen MR) is 121 cm³/mol. The summed E-state index contributed by atoms with van der Waals surface area (Å²) in [4.78, 5) is 21.0. The fourth-order valence-electron chi connectivity index (χ4n) is 3.62. The number of halogens is 1. The number of carbonyl (C=O) groups is 1. The predicted octanol–water partition coefficient (Wildman–Crippen LogP) is 5.65. The van der Waals surface area contributed by atoms with Crippen LogP contribution in [-0.2, 0) is 0 Å². The standard InChI is InChI=1S/C25H25FN4O/c26-21-8-4-7-20(17-21)24-27-16-14-23(30-24)29-22-11-9-19(10-12-22)25(31)28-15-13-18-5-2-1-3-6-18/h4-5,7-12,14,16-17H,1-3,6,13,15H2,(H,28,31)(H,27,29,30). The molecule has 0 unspecified atom stereocenters. The number of hydrogen-bond donors (Lipinski definition) is 2. The molecule has 2 N–H and O–H groups in total. The molecule has 31 heavy (non-hydrogen) atoms. The van der Waals surface area contributed by atoms with Crippen LogP contribution in [0, 0.1) is 5.82 Å². The first kappa shape index (κ1) is 20.7. The smallest absolute Gasteiger partial charge is 0.251 e. The van der Waals surface area contributed by atoms with Crippen molar-refractivity contribution in [3.8, 4) is 11.4 Å². The second-order valence-electron chi connectivity index (χ2n) is 7.59. The Morgan fingerprint density at radius 2 is 1.94 bits per heavy atom. The molecule has 1 aromatic heterocycles. The third-order valence-corrected chi connectivity index (χ3v) is 5.27. The van der Waals surface area contributed by atoms with Crippen molar-refractivity contribution in [1.29, 1.82) is 0 Å². The normalized spacial score (nSPS) is 13.4. The van der Waals surface area contributed by atoms with Crippen LogP contribution >= 0.6 is 0 Å². The highest BCUT2D eigenvalue weighted by molar-refractivity contribution is 5.94. The van der Waals surface area contributed by atoms with Gasteiger partial charge in [-0.05, 0) is 74.6 Å². The lowest BCUT2D eigenvalue weighted by molar-refractivity contribution is 0.0954. The number of aromatic nitrogens is 2. The number of anilines is 2. The van der Waals surface area contributed by atoms with E-state index in [1.807, 2.05) is 12.1 Å². The van der Waals surface area contributed by atoms with E-state index in [1.165, 1.54) is 30.5 Å². The molecular formula is C25H25FN4O. The SMILES string of the molecule is O=C(NCCC1=CCCCC1)c1ccc(Nc2ccnc(-c3cccc(F)c3)n2)cc1. The molecule has 0 spiro atoms. The molecule has 0 aliphatic heterocycles. The van der Waals surface area contributed by atoms with Crippen LogP contribution in [0.25, 0.3) is 11.4 Å². The molecule has 6 heteroatoms. The molecular weight excluding hydrogens is 391 g/mol. The summed E-state index contributed by atoms with van der Waals surface area (Å²) < 4.78 is 13.5. The summed E-state index contributed by atoms with van der Waals surface area (Å²) in [7, 11) is 0. The van der Waals surface area contributed by atoms with Gasteiger partial charge in [-0.2, -0.15) is 0 Å². The van der Waals surface area contributed by atoms with E-state index in [4.69, 9.17) is 0 Å². The minimum atomic E-state index is -0.330. The van der Waals surface area contributed by atoms with Gasteiger partial charge in [0.25, 0.3) is 5.91 Å². The van der Waals surface area contributed by atoms with Crippen molar-refractivity contribution in [3.63, 3.8) is 0 Å². The largest absolute Gasteiger partial charge is 0.352 e. The van der Waals surface area contributed by atoms with Crippen LogP contribution in [0.4, 0.5) is 15.9 Å². The zero-order valence-corrected chi connectivity index (χ0v) is 17.3. The van der Waals surface area contributed by atoms with Gasteiger partial charge in [0.05, 0.1) is 0 Å². The number of nitrogens with zero attached hydrogens (tertiary/aromatic N) is 2. The third-order valence-electron chi connectivity index (χ3n) is 5.27. The van der Waals surface area contributed by atoms with E-state index in [0.717, 1.165) is 24.9 Å². The Balaban J connectivity index is 1.34. The maximum absolute atomic E-state index is 13.5. The van der Waals surface area contributed by atoms with E-state index >= 15 is 0 Å². The number of nitrogens with one attached hydrogen (secondary N) is 2. The molecule has 4 rings (SSSR count). The Kier molecular flexibility index (Phi) is 6.67. The number of allylic oxidation sites excluding steroid dienone is 1. The first-order valence-electron chi connectivity index (χ1n) is 10.6. The van der Waals surface area contributed by atoms with Crippen molar-refractivity contribution in [2.45, 2.75) is 32.1 Å². The number of benzene rings is 2. The quantitative estimate of drug-likeness (QED) is 0.489. The zero-order chi connectivity index (χ0) is 21.5. The first-order chi connectivity index (χ1) is 15.2. The van der Waals surface area contributed by atoms with Gasteiger partial charge < -0.3 is 10.6 Å². The molecule has 3 aromatic rings. The van der Waals surface area contributed by atoms with Crippen molar-refractivity contribution < 1.29 is 9.18 Å². The highest BCUT2D eigenvalue weighted by atomic mass is 19.1. The summed E-state index contributed by atoms with van der Waals surface area (Å²) in [5, 5.41) is 6.19. The van der Waals surface area contributed by atoms with E-state index in [-0.39, 0.29) is 11.7 Å².